The third-order valence-electron chi connectivity index (χ3n) is 11.3. The number of aliphatic hydroxyl groups is 2. The summed E-state index contributed by atoms with van der Waals surface area (Å²) in [4.78, 5) is 18.5. The first-order chi connectivity index (χ1) is 24.1. The maximum Gasteiger partial charge on any atom is 0.319 e. The van der Waals surface area contributed by atoms with Gasteiger partial charge < -0.3 is 29.7 Å². The molecule has 4 aromatic rings. The number of hydrogen-bond acceptors (Lipinski definition) is 10. The number of aromatic hydroxyl groups is 1. The second kappa shape index (κ2) is 12.8. The molecule has 0 radical (unpaired) electrons. The second-order valence-corrected chi connectivity index (χ2v) is 15.1. The van der Waals surface area contributed by atoms with Crippen LogP contribution in [0.3, 0.4) is 0 Å². The third-order valence-corrected chi connectivity index (χ3v) is 11.3. The lowest BCUT2D eigenvalue weighted by Crippen LogP contribution is -2.52. The third kappa shape index (κ3) is 5.93. The minimum Gasteiger partial charge on any atom is -0.508 e. The SMILES string of the molecule is CCc1c(F)ccc2cc(O)cc(-c3ncc4c(N5CC(CO)OCC(C)(O)C5)nc(OCC56CCCC5N(C5CC5)CCC6)nc4c3F)c12. The lowest BCUT2D eigenvalue weighted by molar-refractivity contribution is -0.0528. The number of hydrogen-bond donors (Lipinski definition) is 3. The predicted molar refractivity (Wildman–Crippen MR) is 185 cm³/mol. The van der Waals surface area contributed by atoms with E-state index in [1.54, 1.807) is 17.9 Å². The normalized spacial score (nSPS) is 27.5. The minimum atomic E-state index is -1.29. The first kappa shape index (κ1) is 33.4. The van der Waals surface area contributed by atoms with Crippen molar-refractivity contribution in [2.45, 2.75) is 89.0 Å². The molecule has 4 unspecified atom stereocenters. The Morgan fingerprint density at radius 3 is 2.70 bits per heavy atom. The van der Waals surface area contributed by atoms with E-state index in [2.05, 4.69) is 14.9 Å². The van der Waals surface area contributed by atoms with Crippen LogP contribution in [0.1, 0.15) is 64.4 Å². The summed E-state index contributed by atoms with van der Waals surface area (Å²) in [7, 11) is 0. The Morgan fingerprint density at radius 2 is 1.92 bits per heavy atom. The molecule has 0 bridgehead atoms. The van der Waals surface area contributed by atoms with Crippen LogP contribution in [-0.2, 0) is 11.2 Å². The van der Waals surface area contributed by atoms with Crippen molar-refractivity contribution in [1.82, 2.24) is 19.9 Å². The van der Waals surface area contributed by atoms with Gasteiger partial charge in [0, 0.05) is 35.8 Å². The van der Waals surface area contributed by atoms with Gasteiger partial charge in [0.15, 0.2) is 5.82 Å². The highest BCUT2D eigenvalue weighted by atomic mass is 19.1. The molecule has 10 nitrogen and oxygen atoms in total. The zero-order valence-corrected chi connectivity index (χ0v) is 28.7. The number of β-amino-alcohol motifs (C(OH)–C–C–N with tert-alkyl or cyclic N) is 1. The molecule has 12 heteroatoms. The molecule has 2 aliphatic heterocycles. The van der Waals surface area contributed by atoms with Crippen LogP contribution < -0.4 is 9.64 Å². The Balaban J connectivity index is 1.26. The lowest BCUT2D eigenvalue weighted by atomic mass is 9.75. The average Bonchev–Trinajstić information content (AvgIpc) is 3.88. The molecule has 2 aromatic carbocycles. The van der Waals surface area contributed by atoms with Crippen LogP contribution in [0.2, 0.25) is 0 Å². The number of ether oxygens (including phenoxy) is 2. The van der Waals surface area contributed by atoms with Crippen molar-refractivity contribution in [2.24, 2.45) is 5.41 Å². The van der Waals surface area contributed by atoms with E-state index in [9.17, 15) is 15.3 Å². The van der Waals surface area contributed by atoms with Crippen LogP contribution in [-0.4, -0.2) is 98.4 Å². The molecule has 4 aliphatic rings. The molecule has 0 amide bonds. The van der Waals surface area contributed by atoms with E-state index >= 15 is 8.78 Å². The number of piperidine rings is 1. The number of anilines is 1. The number of fused-ring (bicyclic) bond motifs is 3. The molecule has 3 N–H and O–H groups in total. The number of aromatic nitrogens is 3. The van der Waals surface area contributed by atoms with Gasteiger partial charge in [-0.2, -0.15) is 9.97 Å². The van der Waals surface area contributed by atoms with E-state index < -0.39 is 23.3 Å². The van der Waals surface area contributed by atoms with E-state index in [4.69, 9.17) is 14.5 Å². The van der Waals surface area contributed by atoms with Crippen molar-refractivity contribution >= 4 is 27.5 Å². The first-order valence-electron chi connectivity index (χ1n) is 18.0. The van der Waals surface area contributed by atoms with E-state index in [0.717, 1.165) is 38.6 Å². The Kier molecular flexibility index (Phi) is 8.56. The number of aryl methyl sites for hydroxylation is 1. The Labute approximate surface area is 290 Å². The Bertz CT molecular complexity index is 1940. The van der Waals surface area contributed by atoms with Crippen LogP contribution in [0, 0.1) is 17.0 Å². The summed E-state index contributed by atoms with van der Waals surface area (Å²) in [6, 6.07) is 6.95. The van der Waals surface area contributed by atoms with Gasteiger partial charge in [0.05, 0.1) is 37.9 Å². The summed E-state index contributed by atoms with van der Waals surface area (Å²) in [5.41, 5.74) is -0.819. The van der Waals surface area contributed by atoms with Gasteiger partial charge in [0.1, 0.15) is 34.2 Å². The van der Waals surface area contributed by atoms with Crippen LogP contribution in [0.15, 0.2) is 30.5 Å². The molecule has 4 atom stereocenters. The quantitative estimate of drug-likeness (QED) is 0.218. The van der Waals surface area contributed by atoms with Crippen molar-refractivity contribution in [3.63, 3.8) is 0 Å². The highest BCUT2D eigenvalue weighted by Gasteiger charge is 2.51. The number of likely N-dealkylation sites (tertiary alicyclic amines) is 1. The topological polar surface area (TPSA) is 124 Å². The average molecular weight is 690 g/mol. The highest BCUT2D eigenvalue weighted by molar-refractivity contribution is 6.01. The van der Waals surface area contributed by atoms with E-state index in [0.29, 0.717) is 47.3 Å². The fraction of sp³-hybridized carbons (Fsp3) is 0.553. The van der Waals surface area contributed by atoms with Gasteiger partial charge in [0.25, 0.3) is 0 Å². The number of aliphatic hydroxyl groups excluding tert-OH is 1. The number of phenols is 1. The van der Waals surface area contributed by atoms with Gasteiger partial charge in [-0.1, -0.05) is 19.4 Å². The van der Waals surface area contributed by atoms with Gasteiger partial charge in [-0.3, -0.25) is 9.88 Å². The molecule has 4 heterocycles. The number of halogens is 2. The fourth-order valence-electron chi connectivity index (χ4n) is 8.93. The summed E-state index contributed by atoms with van der Waals surface area (Å²) in [6.45, 7) is 4.98. The van der Waals surface area contributed by atoms with Crippen molar-refractivity contribution in [3.8, 4) is 23.0 Å². The molecule has 4 fully saturated rings. The molecular formula is C38H45F2N5O5. The number of nitrogens with zero attached hydrogens (tertiary/aromatic N) is 5. The molecule has 2 saturated heterocycles. The van der Waals surface area contributed by atoms with Crippen molar-refractivity contribution in [2.75, 3.05) is 44.4 Å². The molecule has 0 spiro atoms. The van der Waals surface area contributed by atoms with Crippen LogP contribution in [0.5, 0.6) is 11.8 Å². The molecule has 50 heavy (non-hydrogen) atoms. The van der Waals surface area contributed by atoms with Gasteiger partial charge in [-0.05, 0) is 92.9 Å². The standard InChI is InChI=1S/C38H45F2N5O5/c1-3-26-29(39)10-7-22-14-24(47)15-27(31(22)26)33-32(40)34-28(16-41-33)35(44-17-25(18-46)49-20-37(2,48)19-44)43-36(42-34)50-21-38-11-4-6-30(38)45(13-5-12-38)23-8-9-23/h7,10,14-16,23,25,30,46-48H,3-6,8-9,11-13,17-21H2,1-2H3. The van der Waals surface area contributed by atoms with Crippen LogP contribution >= 0.6 is 0 Å². The Hall–Kier alpha value is -3.71. The smallest absolute Gasteiger partial charge is 0.319 e. The zero-order chi connectivity index (χ0) is 34.8. The summed E-state index contributed by atoms with van der Waals surface area (Å²) < 4.78 is 44.5. The second-order valence-electron chi connectivity index (χ2n) is 15.1. The summed E-state index contributed by atoms with van der Waals surface area (Å²) in [5.74, 6) is -0.984. The van der Waals surface area contributed by atoms with Gasteiger partial charge >= 0.3 is 6.01 Å². The number of benzene rings is 2. The lowest BCUT2D eigenvalue weighted by Gasteiger charge is -2.46. The van der Waals surface area contributed by atoms with Gasteiger partial charge in [0.2, 0.25) is 0 Å². The van der Waals surface area contributed by atoms with E-state index in [1.165, 1.54) is 37.2 Å². The van der Waals surface area contributed by atoms with Crippen molar-refractivity contribution < 1.29 is 33.6 Å². The van der Waals surface area contributed by atoms with Crippen molar-refractivity contribution in [3.05, 3.63) is 47.7 Å². The predicted octanol–water partition coefficient (Wildman–Crippen LogP) is 5.52. The summed E-state index contributed by atoms with van der Waals surface area (Å²) >= 11 is 0. The zero-order valence-electron chi connectivity index (χ0n) is 28.7. The summed E-state index contributed by atoms with van der Waals surface area (Å²) in [6.07, 6.45) is 9.18. The Morgan fingerprint density at radius 1 is 1.10 bits per heavy atom. The fourth-order valence-corrected chi connectivity index (χ4v) is 8.93. The summed E-state index contributed by atoms with van der Waals surface area (Å²) in [5, 5.41) is 33.2. The van der Waals surface area contributed by atoms with Gasteiger partial charge in [-0.25, -0.2) is 8.78 Å². The van der Waals surface area contributed by atoms with E-state index in [-0.39, 0.29) is 65.6 Å². The van der Waals surface area contributed by atoms with Crippen LogP contribution in [0.4, 0.5) is 14.6 Å². The molecule has 8 rings (SSSR count). The van der Waals surface area contributed by atoms with E-state index in [1.807, 2.05) is 6.92 Å². The highest BCUT2D eigenvalue weighted by Crippen LogP contribution is 2.51. The molecule has 2 saturated carbocycles. The molecule has 2 aliphatic carbocycles. The number of rotatable bonds is 8. The molecule has 266 valence electrons. The largest absolute Gasteiger partial charge is 0.508 e. The minimum absolute atomic E-state index is 0.000156. The maximum absolute atomic E-state index is 17.1. The maximum atomic E-state index is 17.1. The molecular weight excluding hydrogens is 644 g/mol. The van der Waals surface area contributed by atoms with Crippen LogP contribution in [0.25, 0.3) is 32.9 Å². The number of pyridine rings is 1. The molecule has 2 aromatic heterocycles. The van der Waals surface area contributed by atoms with Crippen molar-refractivity contribution in [1.29, 1.82) is 0 Å². The van der Waals surface area contributed by atoms with Gasteiger partial charge in [-0.15, -0.1) is 0 Å². The number of phenolic OH excluding ortho intramolecular Hbond substituents is 1. The first-order valence-corrected chi connectivity index (χ1v) is 18.0. The monoisotopic (exact) mass is 689 g/mol.